The minimum absolute atomic E-state index is 0. The number of imidazole rings is 1. The number of aliphatic imine (C=N–C) groups is 1. The van der Waals surface area contributed by atoms with Crippen LogP contribution in [-0.4, -0.2) is 32.4 Å². The Morgan fingerprint density at radius 2 is 1.82 bits per heavy atom. The van der Waals surface area contributed by atoms with E-state index in [-0.39, 0.29) is 36.5 Å². The molecule has 153 valence electrons. The van der Waals surface area contributed by atoms with Crippen molar-refractivity contribution in [2.45, 2.75) is 40.5 Å². The molecule has 0 saturated heterocycles. The van der Waals surface area contributed by atoms with Gasteiger partial charge >= 0.3 is 0 Å². The predicted octanol–water partition coefficient (Wildman–Crippen LogP) is 2.90. The van der Waals surface area contributed by atoms with Crippen LogP contribution >= 0.6 is 22.6 Å². The maximum absolute atomic E-state index is 10.0. The zero-order valence-electron chi connectivity index (χ0n) is 16.5. The number of nitrogens with two attached hydrogens (primary N) is 2. The van der Waals surface area contributed by atoms with Gasteiger partial charge in [-0.3, -0.25) is 14.5 Å². The molecule has 3 rings (SSSR count). The van der Waals surface area contributed by atoms with Crippen molar-refractivity contribution in [3.8, 4) is 0 Å². The molecule has 0 amide bonds. The summed E-state index contributed by atoms with van der Waals surface area (Å²) in [6.45, 7) is 6.92. The van der Waals surface area contributed by atoms with Crippen molar-refractivity contribution >= 4 is 52.0 Å². The smallest absolute Gasteiger partial charge is 0.155 e. The molecule has 2 aromatic rings. The van der Waals surface area contributed by atoms with Gasteiger partial charge in [0.1, 0.15) is 23.7 Å². The van der Waals surface area contributed by atoms with Crippen LogP contribution in [0.5, 0.6) is 0 Å². The van der Waals surface area contributed by atoms with Gasteiger partial charge in [-0.25, -0.2) is 19.6 Å². The van der Waals surface area contributed by atoms with Gasteiger partial charge in [-0.2, -0.15) is 0 Å². The van der Waals surface area contributed by atoms with Gasteiger partial charge in [0.05, 0.1) is 12.6 Å². The van der Waals surface area contributed by atoms with Crippen LogP contribution in [0.3, 0.4) is 0 Å². The molecule has 1 radical (unpaired) electrons. The standard InChI is InChI=1S/C9H10N2.C5H8O2.C3H6N4.CH2I.V/c1-6-5-7(2)11-9-8(6)3-4-10-9;1-4(6)3-5(2)7;4-3-1-6-2-7(3)5;1-2;/h4-5H,3H2,1-2H3;3H2,1-2H3;1-2H,4-5H2;1H2;/q;;;-1;. The number of hydrogen-bond donors (Lipinski definition) is 2. The number of nitrogens with zero attached hydrogens (tertiary/aromatic N) is 4. The zero-order chi connectivity index (χ0) is 21.0. The molecule has 0 fully saturated rings. The van der Waals surface area contributed by atoms with Crippen LogP contribution in [0.15, 0.2) is 23.6 Å². The van der Waals surface area contributed by atoms with Crippen molar-refractivity contribution in [1.29, 1.82) is 0 Å². The minimum atomic E-state index is -0.0625. The summed E-state index contributed by atoms with van der Waals surface area (Å²) in [5.41, 5.74) is 8.87. The third kappa shape index (κ3) is 11.2. The largest absolute Gasteiger partial charge is 0.382 e. The van der Waals surface area contributed by atoms with Crippen molar-refractivity contribution in [1.82, 2.24) is 14.6 Å². The second-order valence-corrected chi connectivity index (χ2v) is 5.71. The van der Waals surface area contributed by atoms with Crippen molar-refractivity contribution in [2.75, 3.05) is 11.6 Å². The van der Waals surface area contributed by atoms with Crippen LogP contribution in [0.25, 0.3) is 0 Å². The number of carbonyl (C=O) groups excluding carboxylic acids is 2. The summed E-state index contributed by atoms with van der Waals surface area (Å²) >= 11 is 1.90. The molecule has 10 heteroatoms. The van der Waals surface area contributed by atoms with Crippen molar-refractivity contribution in [2.24, 2.45) is 4.99 Å². The van der Waals surface area contributed by atoms with Gasteiger partial charge in [0, 0.05) is 42.4 Å². The number of aromatic nitrogens is 3. The molecule has 0 saturated carbocycles. The van der Waals surface area contributed by atoms with Crippen molar-refractivity contribution < 1.29 is 28.1 Å². The predicted molar refractivity (Wildman–Crippen MR) is 118 cm³/mol. The number of carbonyl (C=O) groups is 2. The Labute approximate surface area is 191 Å². The summed E-state index contributed by atoms with van der Waals surface area (Å²) in [4.78, 5) is 35.4. The van der Waals surface area contributed by atoms with E-state index >= 15 is 0 Å². The average molecular weight is 536 g/mol. The van der Waals surface area contributed by atoms with Gasteiger partial charge in [-0.1, -0.05) is 0 Å². The maximum Gasteiger partial charge on any atom is 0.155 e. The summed E-state index contributed by atoms with van der Waals surface area (Å²) in [6, 6.07) is 2.10. The molecule has 0 aromatic carbocycles. The monoisotopic (exact) mass is 536 g/mol. The number of hydrogen-bond acceptors (Lipinski definition) is 7. The van der Waals surface area contributed by atoms with E-state index in [2.05, 4.69) is 32.9 Å². The number of ketones is 2. The third-order valence-electron chi connectivity index (χ3n) is 3.16. The van der Waals surface area contributed by atoms with Gasteiger partial charge in [0.2, 0.25) is 0 Å². The van der Waals surface area contributed by atoms with Gasteiger partial charge in [-0.05, 0) is 39.3 Å². The molecule has 8 nitrogen and oxygen atoms in total. The van der Waals surface area contributed by atoms with Crippen molar-refractivity contribution in [3.05, 3.63) is 40.3 Å². The van der Waals surface area contributed by atoms with E-state index in [1.165, 1.54) is 42.2 Å². The number of rotatable bonds is 2. The maximum atomic E-state index is 10.0. The molecular weight excluding hydrogens is 510 g/mol. The Kier molecular flexibility index (Phi) is 15.5. The van der Waals surface area contributed by atoms with E-state index in [1.54, 1.807) is 0 Å². The molecule has 2 aromatic heterocycles. The van der Waals surface area contributed by atoms with Crippen LogP contribution in [0.4, 0.5) is 11.6 Å². The topological polar surface area (TPSA) is 129 Å². The first-order valence-corrected chi connectivity index (χ1v) is 9.51. The number of anilines is 1. The summed E-state index contributed by atoms with van der Waals surface area (Å²) in [7, 11) is 0. The molecule has 0 unspecified atom stereocenters. The van der Waals surface area contributed by atoms with E-state index in [1.807, 2.05) is 35.7 Å². The van der Waals surface area contributed by atoms with E-state index in [0.717, 1.165) is 17.9 Å². The fraction of sp³-hybridized carbons (Fsp3) is 0.333. The molecule has 0 aliphatic carbocycles. The van der Waals surface area contributed by atoms with E-state index in [0.29, 0.717) is 5.82 Å². The Morgan fingerprint density at radius 3 is 2.18 bits per heavy atom. The molecule has 28 heavy (non-hydrogen) atoms. The molecule has 0 atom stereocenters. The summed E-state index contributed by atoms with van der Waals surface area (Å²) in [5, 5.41) is 0. The summed E-state index contributed by atoms with van der Waals surface area (Å²) in [6.07, 6.45) is 5.88. The number of pyridine rings is 1. The number of nitrogen functional groups attached to an aromatic ring is 2. The van der Waals surface area contributed by atoms with Crippen LogP contribution < -0.4 is 11.6 Å². The first-order chi connectivity index (χ1) is 12.7. The van der Waals surface area contributed by atoms with Crippen molar-refractivity contribution in [3.63, 3.8) is 0 Å². The minimum Gasteiger partial charge on any atom is -0.382 e. The molecule has 1 aliphatic heterocycles. The van der Waals surface area contributed by atoms with E-state index in [9.17, 15) is 9.59 Å². The third-order valence-corrected chi connectivity index (χ3v) is 3.16. The Balaban J connectivity index is 0. The fourth-order valence-electron chi connectivity index (χ4n) is 2.09. The first kappa shape index (κ1) is 28.5. The van der Waals surface area contributed by atoms with Gasteiger partial charge in [0.15, 0.2) is 5.82 Å². The van der Waals surface area contributed by atoms with E-state index < -0.39 is 0 Å². The fourth-order valence-corrected chi connectivity index (χ4v) is 2.09. The molecule has 3 heterocycles. The molecule has 0 bridgehead atoms. The van der Waals surface area contributed by atoms with Gasteiger partial charge in [-0.15, -0.1) is 0 Å². The van der Waals surface area contributed by atoms with Crippen LogP contribution in [0.1, 0.15) is 37.1 Å². The molecule has 0 spiro atoms. The molecule has 4 N–H and O–H groups in total. The normalized spacial score (nSPS) is 9.93. The van der Waals surface area contributed by atoms with Gasteiger partial charge in [0.25, 0.3) is 0 Å². The Morgan fingerprint density at radius 1 is 1.25 bits per heavy atom. The average Bonchev–Trinajstić information content (AvgIpc) is 3.19. The first-order valence-electron chi connectivity index (χ1n) is 7.98. The number of Topliss-reactive ketones (excluding diaryl/α,β-unsaturated/α-hetero) is 2. The second-order valence-electron chi connectivity index (χ2n) is 5.71. The number of aryl methyl sites for hydroxylation is 2. The van der Waals surface area contributed by atoms with Gasteiger partial charge < -0.3 is 34.2 Å². The molecular formula is C18H26IN6O2V-. The van der Waals surface area contributed by atoms with Crippen LogP contribution in [-0.2, 0) is 34.6 Å². The SMILES string of the molecule is CC(=O)CC(C)=O.Cc1cc(C)c2c(n1)N=CC2.Nc1cncn1N.[CH2-]I.[V]. The number of fused-ring (bicyclic) bond motifs is 1. The quantitative estimate of drug-likeness (QED) is 0.263. The second kappa shape index (κ2) is 15.2. The summed E-state index contributed by atoms with van der Waals surface area (Å²) < 4.78 is 1.25. The summed E-state index contributed by atoms with van der Waals surface area (Å²) in [5.74, 6) is 6.44. The van der Waals surface area contributed by atoms with Crippen LogP contribution in [0, 0.1) is 18.8 Å². The molecule has 1 aliphatic rings. The Hall–Kier alpha value is -1.72. The van der Waals surface area contributed by atoms with E-state index in [4.69, 9.17) is 11.6 Å². The zero-order valence-corrected chi connectivity index (χ0v) is 20.1. The Bertz CT molecular complexity index is 764. The van der Waals surface area contributed by atoms with Crippen LogP contribution in [0.2, 0.25) is 0 Å². The number of halogens is 1.